The minimum absolute atomic E-state index is 0.0763. The van der Waals surface area contributed by atoms with Gasteiger partial charge >= 0.3 is 0 Å². The van der Waals surface area contributed by atoms with Crippen LogP contribution in [0.15, 0.2) is 53.4 Å². The molecule has 1 heterocycles. The van der Waals surface area contributed by atoms with E-state index in [-0.39, 0.29) is 34.8 Å². The molecule has 1 fully saturated rings. The Morgan fingerprint density at radius 3 is 2.58 bits per heavy atom. The van der Waals surface area contributed by atoms with Crippen molar-refractivity contribution in [2.24, 2.45) is 0 Å². The number of ether oxygens (including phenoxy) is 2. The van der Waals surface area contributed by atoms with Gasteiger partial charge in [-0.3, -0.25) is 14.9 Å². The van der Waals surface area contributed by atoms with Crippen LogP contribution in [0.3, 0.4) is 0 Å². The zero-order valence-corrected chi connectivity index (χ0v) is 20.4. The maximum absolute atomic E-state index is 13.1. The first kappa shape index (κ1) is 25.3. The SMILES string of the molecule is COCCNC(=O)c1nn(-c2ccccc2)c(Oc2ccc([N+](=O)[O-])cc2S(=O)(=O)NC2CC2)c1C. The highest BCUT2D eigenvalue weighted by Crippen LogP contribution is 2.36. The number of nitro groups is 1. The van der Waals surface area contributed by atoms with Crippen molar-refractivity contribution in [1.29, 1.82) is 0 Å². The van der Waals surface area contributed by atoms with Gasteiger partial charge in [-0.25, -0.2) is 13.1 Å². The zero-order valence-electron chi connectivity index (χ0n) is 19.6. The average Bonchev–Trinajstić information content (AvgIpc) is 3.60. The molecule has 1 aromatic heterocycles. The highest BCUT2D eigenvalue weighted by atomic mass is 32.2. The molecule has 1 aliphatic carbocycles. The van der Waals surface area contributed by atoms with Crippen LogP contribution >= 0.6 is 0 Å². The molecular weight excluding hydrogens is 490 g/mol. The summed E-state index contributed by atoms with van der Waals surface area (Å²) in [5, 5.41) is 18.5. The van der Waals surface area contributed by atoms with E-state index < -0.39 is 26.5 Å². The number of hydrogen-bond donors (Lipinski definition) is 2. The van der Waals surface area contributed by atoms with Gasteiger partial charge in [-0.1, -0.05) is 18.2 Å². The van der Waals surface area contributed by atoms with E-state index in [4.69, 9.17) is 9.47 Å². The van der Waals surface area contributed by atoms with Gasteiger partial charge in [0.15, 0.2) is 5.69 Å². The van der Waals surface area contributed by atoms with E-state index in [1.54, 1.807) is 31.2 Å². The van der Waals surface area contributed by atoms with Crippen LogP contribution in [0, 0.1) is 17.0 Å². The van der Waals surface area contributed by atoms with Crippen molar-refractivity contribution < 1.29 is 27.6 Å². The number of nitrogens with zero attached hydrogens (tertiary/aromatic N) is 3. The van der Waals surface area contributed by atoms with E-state index >= 15 is 0 Å². The number of hydrogen-bond acceptors (Lipinski definition) is 8. The van der Waals surface area contributed by atoms with Crippen molar-refractivity contribution >= 4 is 21.6 Å². The van der Waals surface area contributed by atoms with E-state index in [9.17, 15) is 23.3 Å². The zero-order chi connectivity index (χ0) is 25.9. The van der Waals surface area contributed by atoms with Crippen LogP contribution in [0.1, 0.15) is 28.9 Å². The van der Waals surface area contributed by atoms with Crippen LogP contribution in [-0.2, 0) is 14.8 Å². The number of carbonyl (C=O) groups is 1. The Bertz CT molecular complexity index is 1390. The van der Waals surface area contributed by atoms with E-state index in [1.165, 1.54) is 17.9 Å². The second kappa shape index (κ2) is 10.4. The lowest BCUT2D eigenvalue weighted by Gasteiger charge is -2.14. The molecule has 0 atom stereocenters. The number of rotatable bonds is 11. The Kier molecular flexibility index (Phi) is 7.33. The lowest BCUT2D eigenvalue weighted by Crippen LogP contribution is -2.28. The Balaban J connectivity index is 1.80. The van der Waals surface area contributed by atoms with Gasteiger partial charge in [0, 0.05) is 37.4 Å². The predicted molar refractivity (Wildman–Crippen MR) is 129 cm³/mol. The second-order valence-corrected chi connectivity index (χ2v) is 9.84. The van der Waals surface area contributed by atoms with E-state index in [1.807, 2.05) is 6.07 Å². The molecule has 1 amide bonds. The third kappa shape index (κ3) is 5.53. The molecule has 1 aliphatic rings. The minimum atomic E-state index is -4.12. The summed E-state index contributed by atoms with van der Waals surface area (Å²) in [5.41, 5.74) is 0.594. The summed E-state index contributed by atoms with van der Waals surface area (Å²) < 4.78 is 41.0. The number of non-ortho nitro benzene ring substituents is 1. The van der Waals surface area contributed by atoms with E-state index in [0.717, 1.165) is 12.1 Å². The number of sulfonamides is 1. The fourth-order valence-electron chi connectivity index (χ4n) is 3.40. The molecular formula is C23H25N5O7S. The Morgan fingerprint density at radius 1 is 1.22 bits per heavy atom. The molecule has 2 aromatic carbocycles. The Labute approximate surface area is 207 Å². The number of amides is 1. The summed E-state index contributed by atoms with van der Waals surface area (Å²) in [7, 11) is -2.61. The quantitative estimate of drug-likeness (QED) is 0.224. The summed E-state index contributed by atoms with van der Waals surface area (Å²) >= 11 is 0. The molecule has 0 bridgehead atoms. The van der Waals surface area contributed by atoms with E-state index in [0.29, 0.717) is 30.7 Å². The van der Waals surface area contributed by atoms with Crippen LogP contribution in [0.4, 0.5) is 5.69 Å². The number of nitrogens with one attached hydrogen (secondary N) is 2. The smallest absolute Gasteiger partial charge is 0.272 e. The topological polar surface area (TPSA) is 155 Å². The molecule has 12 nitrogen and oxygen atoms in total. The molecule has 0 unspecified atom stereocenters. The second-order valence-electron chi connectivity index (χ2n) is 8.16. The number of methoxy groups -OCH3 is 1. The standard InChI is InChI=1S/C23H25N5O7S/c1-15-21(22(29)24-12-13-34-2)25-27(17-6-4-3-5-7-17)23(15)35-19-11-10-18(28(30)31)14-20(19)36(32,33)26-16-8-9-16/h3-7,10-11,14,16,26H,8-9,12-13H2,1-2H3,(H,24,29). The van der Waals surface area contributed by atoms with Crippen molar-refractivity contribution in [2.45, 2.75) is 30.7 Å². The van der Waals surface area contributed by atoms with Gasteiger partial charge in [0.1, 0.15) is 10.6 Å². The number of nitro benzene ring substituents is 1. The van der Waals surface area contributed by atoms with Gasteiger partial charge in [-0.2, -0.15) is 9.78 Å². The average molecular weight is 516 g/mol. The normalized spacial score (nSPS) is 13.4. The van der Waals surface area contributed by atoms with Crippen molar-refractivity contribution in [1.82, 2.24) is 19.8 Å². The predicted octanol–water partition coefficient (Wildman–Crippen LogP) is 2.70. The fourth-order valence-corrected chi connectivity index (χ4v) is 4.86. The first-order chi connectivity index (χ1) is 17.2. The van der Waals surface area contributed by atoms with Crippen molar-refractivity contribution in [3.63, 3.8) is 0 Å². The van der Waals surface area contributed by atoms with E-state index in [2.05, 4.69) is 15.1 Å². The lowest BCUT2D eigenvalue weighted by atomic mass is 10.2. The number of para-hydroxylation sites is 1. The molecule has 2 N–H and O–H groups in total. The number of carbonyl (C=O) groups excluding carboxylic acids is 1. The lowest BCUT2D eigenvalue weighted by molar-refractivity contribution is -0.385. The minimum Gasteiger partial charge on any atom is -0.437 e. The first-order valence-electron chi connectivity index (χ1n) is 11.1. The van der Waals surface area contributed by atoms with Crippen molar-refractivity contribution in [3.8, 4) is 17.3 Å². The Hall–Kier alpha value is -3.81. The van der Waals surface area contributed by atoms with Gasteiger partial charge in [0.05, 0.1) is 17.2 Å². The van der Waals surface area contributed by atoms with Crippen LogP contribution in [0.5, 0.6) is 11.6 Å². The summed E-state index contributed by atoms with van der Waals surface area (Å²) in [5.74, 6) is -0.508. The molecule has 3 aromatic rings. The molecule has 0 aliphatic heterocycles. The van der Waals surface area contributed by atoms with Crippen LogP contribution in [-0.4, -0.2) is 55.3 Å². The molecule has 190 valence electrons. The molecule has 36 heavy (non-hydrogen) atoms. The number of aromatic nitrogens is 2. The highest BCUT2D eigenvalue weighted by molar-refractivity contribution is 7.89. The van der Waals surface area contributed by atoms with Crippen molar-refractivity contribution in [2.75, 3.05) is 20.3 Å². The van der Waals surface area contributed by atoms with Crippen LogP contribution in [0.25, 0.3) is 5.69 Å². The maximum Gasteiger partial charge on any atom is 0.272 e. The summed E-state index contributed by atoms with van der Waals surface area (Å²) in [6, 6.07) is 12.0. The molecule has 0 spiro atoms. The van der Waals surface area contributed by atoms with Crippen LogP contribution in [0.2, 0.25) is 0 Å². The van der Waals surface area contributed by atoms with Gasteiger partial charge in [0.25, 0.3) is 11.6 Å². The highest BCUT2D eigenvalue weighted by Gasteiger charge is 2.32. The summed E-state index contributed by atoms with van der Waals surface area (Å²) in [6.07, 6.45) is 1.37. The molecule has 4 rings (SSSR count). The molecule has 0 saturated heterocycles. The molecule has 0 radical (unpaired) electrons. The monoisotopic (exact) mass is 515 g/mol. The Morgan fingerprint density at radius 2 is 1.94 bits per heavy atom. The fraction of sp³-hybridized carbons (Fsp3) is 0.304. The van der Waals surface area contributed by atoms with Gasteiger partial charge < -0.3 is 14.8 Å². The van der Waals surface area contributed by atoms with Gasteiger partial charge in [0.2, 0.25) is 15.9 Å². The van der Waals surface area contributed by atoms with Crippen molar-refractivity contribution in [3.05, 3.63) is 69.9 Å². The molecule has 13 heteroatoms. The summed E-state index contributed by atoms with van der Waals surface area (Å²) in [4.78, 5) is 23.1. The summed E-state index contributed by atoms with van der Waals surface area (Å²) in [6.45, 7) is 2.20. The molecule has 1 saturated carbocycles. The van der Waals surface area contributed by atoms with Crippen LogP contribution < -0.4 is 14.8 Å². The largest absolute Gasteiger partial charge is 0.437 e. The maximum atomic E-state index is 13.1. The third-order valence-electron chi connectivity index (χ3n) is 5.41. The van der Waals surface area contributed by atoms with Gasteiger partial charge in [-0.15, -0.1) is 0 Å². The number of benzene rings is 2. The van der Waals surface area contributed by atoms with Gasteiger partial charge in [-0.05, 0) is 38.0 Å². The third-order valence-corrected chi connectivity index (χ3v) is 6.95. The first-order valence-corrected chi connectivity index (χ1v) is 12.6.